The Balaban J connectivity index is 2.52. The van der Waals surface area contributed by atoms with Gasteiger partial charge in [-0.3, -0.25) is 0 Å². The second kappa shape index (κ2) is 5.20. The van der Waals surface area contributed by atoms with E-state index in [1.165, 1.54) is 5.57 Å². The molecule has 0 aromatic carbocycles. The Morgan fingerprint density at radius 1 is 1.50 bits per heavy atom. The standard InChI is InChI=1S/C10H13BrO/c1-9-3-2-4-10(6-5-9)12-8-7-11/h2,4-6H,3,7-8H2,1H3. The van der Waals surface area contributed by atoms with Crippen molar-refractivity contribution in [3.63, 3.8) is 0 Å². The van der Waals surface area contributed by atoms with Crippen molar-refractivity contribution in [2.75, 3.05) is 11.9 Å². The first-order valence-electron chi connectivity index (χ1n) is 4.05. The van der Waals surface area contributed by atoms with Crippen LogP contribution in [0.15, 0.2) is 35.6 Å². The molecular formula is C10H13BrO. The van der Waals surface area contributed by atoms with Crippen LogP contribution in [0.1, 0.15) is 13.3 Å². The minimum absolute atomic E-state index is 0.725. The Hall–Kier alpha value is -0.500. The molecule has 0 aromatic rings. The topological polar surface area (TPSA) is 9.23 Å². The predicted molar refractivity (Wildman–Crippen MR) is 55.3 cm³/mol. The van der Waals surface area contributed by atoms with Crippen LogP contribution >= 0.6 is 15.9 Å². The van der Waals surface area contributed by atoms with Crippen LogP contribution in [0.2, 0.25) is 0 Å². The molecule has 2 heteroatoms. The lowest BCUT2D eigenvalue weighted by Gasteiger charge is -2.02. The molecule has 1 rings (SSSR count). The Kier molecular flexibility index (Phi) is 4.15. The average molecular weight is 229 g/mol. The summed E-state index contributed by atoms with van der Waals surface area (Å²) in [4.78, 5) is 0. The number of allylic oxidation sites excluding steroid dienone is 5. The molecule has 0 bridgehead atoms. The van der Waals surface area contributed by atoms with Crippen molar-refractivity contribution in [2.45, 2.75) is 13.3 Å². The summed E-state index contributed by atoms with van der Waals surface area (Å²) >= 11 is 3.32. The van der Waals surface area contributed by atoms with Crippen molar-refractivity contribution in [2.24, 2.45) is 0 Å². The maximum absolute atomic E-state index is 5.44. The molecule has 0 N–H and O–H groups in total. The first-order valence-corrected chi connectivity index (χ1v) is 5.18. The molecule has 0 atom stereocenters. The highest BCUT2D eigenvalue weighted by molar-refractivity contribution is 9.09. The Labute approximate surface area is 81.9 Å². The number of hydrogen-bond donors (Lipinski definition) is 0. The van der Waals surface area contributed by atoms with Crippen LogP contribution < -0.4 is 0 Å². The van der Waals surface area contributed by atoms with Gasteiger partial charge < -0.3 is 4.74 Å². The van der Waals surface area contributed by atoms with Gasteiger partial charge in [-0.1, -0.05) is 33.7 Å². The molecule has 1 nitrogen and oxygen atoms in total. The molecule has 0 aliphatic heterocycles. The van der Waals surface area contributed by atoms with Crippen LogP contribution in [-0.4, -0.2) is 11.9 Å². The van der Waals surface area contributed by atoms with E-state index in [-0.39, 0.29) is 0 Å². The van der Waals surface area contributed by atoms with Gasteiger partial charge >= 0.3 is 0 Å². The van der Waals surface area contributed by atoms with Gasteiger partial charge in [-0.15, -0.1) is 0 Å². The van der Waals surface area contributed by atoms with E-state index in [9.17, 15) is 0 Å². The van der Waals surface area contributed by atoms with Crippen LogP contribution in [0.5, 0.6) is 0 Å². The van der Waals surface area contributed by atoms with E-state index in [4.69, 9.17) is 4.74 Å². The summed E-state index contributed by atoms with van der Waals surface area (Å²) in [6.45, 7) is 2.84. The van der Waals surface area contributed by atoms with Crippen molar-refractivity contribution in [1.29, 1.82) is 0 Å². The molecule has 0 aromatic heterocycles. The van der Waals surface area contributed by atoms with Gasteiger partial charge in [0.2, 0.25) is 0 Å². The predicted octanol–water partition coefficient (Wildman–Crippen LogP) is 3.19. The van der Waals surface area contributed by atoms with E-state index >= 15 is 0 Å². The van der Waals surface area contributed by atoms with Gasteiger partial charge in [0.1, 0.15) is 5.76 Å². The fourth-order valence-electron chi connectivity index (χ4n) is 0.962. The Morgan fingerprint density at radius 3 is 3.08 bits per heavy atom. The zero-order valence-electron chi connectivity index (χ0n) is 7.22. The third kappa shape index (κ3) is 3.26. The number of halogens is 1. The van der Waals surface area contributed by atoms with E-state index in [0.29, 0.717) is 0 Å². The first-order chi connectivity index (χ1) is 5.83. The van der Waals surface area contributed by atoms with E-state index in [1.54, 1.807) is 0 Å². The molecule has 0 unspecified atom stereocenters. The minimum Gasteiger partial charge on any atom is -0.493 e. The monoisotopic (exact) mass is 228 g/mol. The summed E-state index contributed by atoms with van der Waals surface area (Å²) < 4.78 is 5.44. The highest BCUT2D eigenvalue weighted by atomic mass is 79.9. The van der Waals surface area contributed by atoms with Gasteiger partial charge in [0.05, 0.1) is 6.61 Å². The molecular weight excluding hydrogens is 216 g/mol. The van der Waals surface area contributed by atoms with E-state index in [1.807, 2.05) is 12.2 Å². The molecule has 0 radical (unpaired) electrons. The number of ether oxygens (including phenoxy) is 1. The summed E-state index contributed by atoms with van der Waals surface area (Å²) in [6, 6.07) is 0. The third-order valence-corrected chi connectivity index (χ3v) is 1.92. The van der Waals surface area contributed by atoms with E-state index in [2.05, 4.69) is 35.0 Å². The van der Waals surface area contributed by atoms with E-state index < -0.39 is 0 Å². The molecule has 0 saturated carbocycles. The van der Waals surface area contributed by atoms with Gasteiger partial charge in [0.25, 0.3) is 0 Å². The summed E-state index contributed by atoms with van der Waals surface area (Å²) in [6.07, 6.45) is 9.29. The van der Waals surface area contributed by atoms with Crippen molar-refractivity contribution < 1.29 is 4.74 Å². The van der Waals surface area contributed by atoms with Gasteiger partial charge in [0, 0.05) is 5.33 Å². The normalized spacial score (nSPS) is 16.5. The lowest BCUT2D eigenvalue weighted by Crippen LogP contribution is -1.92. The Morgan fingerprint density at radius 2 is 2.33 bits per heavy atom. The lowest BCUT2D eigenvalue weighted by molar-refractivity contribution is 0.246. The zero-order chi connectivity index (χ0) is 8.81. The highest BCUT2D eigenvalue weighted by Gasteiger charge is 1.95. The van der Waals surface area contributed by atoms with Crippen molar-refractivity contribution in [1.82, 2.24) is 0 Å². The zero-order valence-corrected chi connectivity index (χ0v) is 8.80. The maximum atomic E-state index is 5.44. The molecule has 1 aliphatic carbocycles. The minimum atomic E-state index is 0.725. The first kappa shape index (κ1) is 9.59. The smallest absolute Gasteiger partial charge is 0.119 e. The largest absolute Gasteiger partial charge is 0.493 e. The molecule has 0 spiro atoms. The van der Waals surface area contributed by atoms with Crippen molar-refractivity contribution in [3.8, 4) is 0 Å². The summed E-state index contributed by atoms with van der Waals surface area (Å²) in [5.41, 5.74) is 1.36. The molecule has 66 valence electrons. The van der Waals surface area contributed by atoms with Gasteiger partial charge in [0.15, 0.2) is 0 Å². The van der Waals surface area contributed by atoms with Gasteiger partial charge in [-0.05, 0) is 25.5 Å². The number of hydrogen-bond acceptors (Lipinski definition) is 1. The van der Waals surface area contributed by atoms with Crippen LogP contribution in [0, 0.1) is 0 Å². The van der Waals surface area contributed by atoms with Crippen LogP contribution in [-0.2, 0) is 4.74 Å². The fourth-order valence-corrected chi connectivity index (χ4v) is 1.12. The lowest BCUT2D eigenvalue weighted by atomic mass is 10.2. The van der Waals surface area contributed by atoms with Crippen molar-refractivity contribution in [3.05, 3.63) is 35.6 Å². The molecule has 1 aliphatic rings. The van der Waals surface area contributed by atoms with Gasteiger partial charge in [-0.25, -0.2) is 0 Å². The molecule has 12 heavy (non-hydrogen) atoms. The molecule has 0 amide bonds. The van der Waals surface area contributed by atoms with Crippen LogP contribution in [0.4, 0.5) is 0 Å². The highest BCUT2D eigenvalue weighted by Crippen LogP contribution is 2.11. The molecule has 0 heterocycles. The quantitative estimate of drug-likeness (QED) is 0.675. The van der Waals surface area contributed by atoms with Crippen molar-refractivity contribution >= 4 is 15.9 Å². The maximum Gasteiger partial charge on any atom is 0.119 e. The SMILES string of the molecule is CC1=CC=C(OCCBr)C=CC1. The van der Waals surface area contributed by atoms with Gasteiger partial charge in [-0.2, -0.15) is 0 Å². The average Bonchev–Trinajstić information content (AvgIpc) is 2.27. The summed E-state index contributed by atoms with van der Waals surface area (Å²) in [5, 5.41) is 0.876. The second-order valence-electron chi connectivity index (χ2n) is 2.73. The van der Waals surface area contributed by atoms with Crippen LogP contribution in [0.3, 0.4) is 0 Å². The summed E-state index contributed by atoms with van der Waals surface area (Å²) in [5.74, 6) is 0.950. The molecule has 0 saturated heterocycles. The third-order valence-electron chi connectivity index (χ3n) is 1.60. The van der Waals surface area contributed by atoms with Crippen LogP contribution in [0.25, 0.3) is 0 Å². The fraction of sp³-hybridized carbons (Fsp3) is 0.400. The number of alkyl halides is 1. The summed E-state index contributed by atoms with van der Waals surface area (Å²) in [7, 11) is 0. The second-order valence-corrected chi connectivity index (χ2v) is 3.52. The number of rotatable bonds is 3. The van der Waals surface area contributed by atoms with E-state index in [0.717, 1.165) is 24.1 Å². The molecule has 0 fully saturated rings. The Bertz CT molecular complexity index is 226.